The van der Waals surface area contributed by atoms with E-state index in [0.717, 1.165) is 5.56 Å². The Morgan fingerprint density at radius 1 is 1.00 bits per heavy atom. The molecule has 112 valence electrons. The first-order valence-corrected chi connectivity index (χ1v) is 7.43. The first kappa shape index (κ1) is 15.3. The molecule has 0 aliphatic carbocycles. The zero-order chi connectivity index (χ0) is 16.4. The summed E-state index contributed by atoms with van der Waals surface area (Å²) in [6.45, 7) is 0. The van der Waals surface area contributed by atoms with Gasteiger partial charge in [0.2, 0.25) is 0 Å². The van der Waals surface area contributed by atoms with Gasteiger partial charge in [-0.3, -0.25) is 4.98 Å². The van der Waals surface area contributed by atoms with Gasteiger partial charge >= 0.3 is 0 Å². The first-order valence-electron chi connectivity index (χ1n) is 6.67. The first-order chi connectivity index (χ1) is 11.1. The van der Waals surface area contributed by atoms with Crippen molar-refractivity contribution < 1.29 is 0 Å². The molecule has 6 heteroatoms. The Morgan fingerprint density at radius 3 is 2.48 bits per heavy atom. The molecular weight excluding hydrogens is 331 g/mol. The van der Waals surface area contributed by atoms with Crippen molar-refractivity contribution >= 4 is 29.0 Å². The number of hydrogen-bond acceptors (Lipinski definition) is 4. The van der Waals surface area contributed by atoms with Gasteiger partial charge in [-0.1, -0.05) is 35.3 Å². The highest BCUT2D eigenvalue weighted by molar-refractivity contribution is 6.42. The van der Waals surface area contributed by atoms with Crippen LogP contribution in [0.1, 0.15) is 5.56 Å². The van der Waals surface area contributed by atoms with Crippen molar-refractivity contribution in [1.82, 2.24) is 9.97 Å². The Bertz CT molecular complexity index is 918. The summed E-state index contributed by atoms with van der Waals surface area (Å²) >= 11 is 12.0. The molecule has 3 rings (SSSR count). The lowest BCUT2D eigenvalue weighted by Gasteiger charge is -2.10. The SMILES string of the molecule is N#Cc1c(-c2ccccn2)cc(-c2ccc(Cl)c(Cl)c2)nc1N. The van der Waals surface area contributed by atoms with Crippen LogP contribution in [0.3, 0.4) is 0 Å². The maximum absolute atomic E-state index is 9.37. The molecule has 0 aliphatic rings. The van der Waals surface area contributed by atoms with Gasteiger partial charge < -0.3 is 5.73 Å². The molecule has 0 aliphatic heterocycles. The molecule has 4 nitrogen and oxygen atoms in total. The minimum absolute atomic E-state index is 0.150. The average Bonchev–Trinajstić information content (AvgIpc) is 2.57. The van der Waals surface area contributed by atoms with E-state index in [9.17, 15) is 5.26 Å². The molecule has 2 heterocycles. The number of rotatable bonds is 2. The van der Waals surface area contributed by atoms with Crippen molar-refractivity contribution in [2.24, 2.45) is 0 Å². The van der Waals surface area contributed by atoms with E-state index in [2.05, 4.69) is 16.0 Å². The van der Waals surface area contributed by atoms with Gasteiger partial charge in [-0.2, -0.15) is 5.26 Å². The summed E-state index contributed by atoms with van der Waals surface area (Å²) in [5, 5.41) is 10.3. The van der Waals surface area contributed by atoms with E-state index in [-0.39, 0.29) is 5.82 Å². The Morgan fingerprint density at radius 2 is 1.83 bits per heavy atom. The lowest BCUT2D eigenvalue weighted by Crippen LogP contribution is -2.00. The molecule has 0 atom stereocenters. The molecule has 0 unspecified atom stereocenters. The molecule has 0 spiro atoms. The van der Waals surface area contributed by atoms with Crippen LogP contribution < -0.4 is 5.73 Å². The van der Waals surface area contributed by atoms with Crippen molar-refractivity contribution in [2.75, 3.05) is 5.73 Å². The Labute approximate surface area is 143 Å². The fraction of sp³-hybridized carbons (Fsp3) is 0. The fourth-order valence-corrected chi connectivity index (χ4v) is 2.51. The summed E-state index contributed by atoms with van der Waals surface area (Å²) in [4.78, 5) is 8.58. The van der Waals surface area contributed by atoms with Crippen LogP contribution in [0.25, 0.3) is 22.5 Å². The highest BCUT2D eigenvalue weighted by atomic mass is 35.5. The topological polar surface area (TPSA) is 75.6 Å². The van der Waals surface area contributed by atoms with E-state index in [0.29, 0.717) is 32.6 Å². The number of halogens is 2. The lowest BCUT2D eigenvalue weighted by molar-refractivity contribution is 1.27. The molecule has 0 amide bonds. The lowest BCUT2D eigenvalue weighted by atomic mass is 10.0. The van der Waals surface area contributed by atoms with Crippen molar-refractivity contribution in [1.29, 1.82) is 5.26 Å². The summed E-state index contributed by atoms with van der Waals surface area (Å²) in [6, 6.07) is 14.5. The third-order valence-electron chi connectivity index (χ3n) is 3.32. The van der Waals surface area contributed by atoms with Crippen LogP contribution in [0.15, 0.2) is 48.7 Å². The largest absolute Gasteiger partial charge is 0.383 e. The van der Waals surface area contributed by atoms with Gasteiger partial charge in [0.1, 0.15) is 17.5 Å². The van der Waals surface area contributed by atoms with Crippen LogP contribution in [-0.2, 0) is 0 Å². The van der Waals surface area contributed by atoms with Crippen molar-refractivity contribution in [3.05, 3.63) is 64.3 Å². The average molecular weight is 341 g/mol. The van der Waals surface area contributed by atoms with Crippen molar-refractivity contribution in [3.63, 3.8) is 0 Å². The summed E-state index contributed by atoms with van der Waals surface area (Å²) in [6.07, 6.45) is 1.66. The van der Waals surface area contributed by atoms with E-state index in [1.165, 1.54) is 0 Å². The molecule has 23 heavy (non-hydrogen) atoms. The van der Waals surface area contributed by atoms with Crippen molar-refractivity contribution in [2.45, 2.75) is 0 Å². The molecule has 2 aromatic heterocycles. The maximum atomic E-state index is 9.37. The number of nitrogens with zero attached hydrogens (tertiary/aromatic N) is 3. The molecular formula is C17H10Cl2N4. The van der Waals surface area contributed by atoms with Gasteiger partial charge in [-0.25, -0.2) is 4.98 Å². The quantitative estimate of drug-likeness (QED) is 0.741. The van der Waals surface area contributed by atoms with Crippen LogP contribution >= 0.6 is 23.2 Å². The van der Waals surface area contributed by atoms with Crippen LogP contribution in [0.4, 0.5) is 5.82 Å². The number of pyridine rings is 2. The van der Waals surface area contributed by atoms with Gasteiger partial charge in [0, 0.05) is 17.3 Å². The normalized spacial score (nSPS) is 10.3. The second-order valence-electron chi connectivity index (χ2n) is 4.77. The molecule has 2 N–H and O–H groups in total. The Kier molecular flexibility index (Phi) is 4.16. The molecule has 0 radical (unpaired) electrons. The van der Waals surface area contributed by atoms with E-state index in [1.807, 2.05) is 12.1 Å². The van der Waals surface area contributed by atoms with E-state index in [4.69, 9.17) is 28.9 Å². The van der Waals surface area contributed by atoms with E-state index >= 15 is 0 Å². The molecule has 0 bridgehead atoms. The molecule has 0 fully saturated rings. The van der Waals surface area contributed by atoms with Gasteiger partial charge in [0.05, 0.1) is 21.4 Å². The van der Waals surface area contributed by atoms with E-state index < -0.39 is 0 Å². The summed E-state index contributed by atoms with van der Waals surface area (Å²) < 4.78 is 0. The van der Waals surface area contributed by atoms with Gasteiger partial charge in [-0.15, -0.1) is 0 Å². The Hall–Kier alpha value is -2.61. The second-order valence-corrected chi connectivity index (χ2v) is 5.59. The van der Waals surface area contributed by atoms with Crippen LogP contribution in [0.5, 0.6) is 0 Å². The van der Waals surface area contributed by atoms with Gasteiger partial charge in [-0.05, 0) is 30.3 Å². The number of nitriles is 1. The number of nitrogen functional groups attached to an aromatic ring is 1. The number of hydrogen-bond donors (Lipinski definition) is 1. The summed E-state index contributed by atoms with van der Waals surface area (Å²) in [5.74, 6) is 0.150. The standard InChI is InChI=1S/C17H10Cl2N4/c18-13-5-4-10(7-14(13)19)16-8-11(12(9-20)17(21)23-16)15-3-1-2-6-22-15/h1-8H,(H2,21,23). The van der Waals surface area contributed by atoms with Crippen molar-refractivity contribution in [3.8, 4) is 28.6 Å². The molecule has 0 saturated heterocycles. The minimum atomic E-state index is 0.150. The molecule has 1 aromatic carbocycles. The Balaban J connectivity index is 2.23. The number of nitrogens with two attached hydrogens (primary N) is 1. The third kappa shape index (κ3) is 2.98. The predicted octanol–water partition coefficient (Wildman–Crippen LogP) is 4.57. The highest BCUT2D eigenvalue weighted by Gasteiger charge is 2.14. The third-order valence-corrected chi connectivity index (χ3v) is 4.05. The maximum Gasteiger partial charge on any atom is 0.142 e. The zero-order valence-corrected chi connectivity index (χ0v) is 13.3. The van der Waals surface area contributed by atoms with Crippen LogP contribution in [0.2, 0.25) is 10.0 Å². The van der Waals surface area contributed by atoms with Gasteiger partial charge in [0.15, 0.2) is 0 Å². The smallest absolute Gasteiger partial charge is 0.142 e. The minimum Gasteiger partial charge on any atom is -0.383 e. The number of anilines is 1. The number of aromatic nitrogens is 2. The van der Waals surface area contributed by atoms with Crippen LogP contribution in [-0.4, -0.2) is 9.97 Å². The molecule has 0 saturated carbocycles. The van der Waals surface area contributed by atoms with E-state index in [1.54, 1.807) is 36.5 Å². The monoisotopic (exact) mass is 340 g/mol. The summed E-state index contributed by atoms with van der Waals surface area (Å²) in [5.41, 5.74) is 8.89. The molecule has 3 aromatic rings. The number of benzene rings is 1. The summed E-state index contributed by atoms with van der Waals surface area (Å²) in [7, 11) is 0. The highest BCUT2D eigenvalue weighted by Crippen LogP contribution is 2.32. The fourth-order valence-electron chi connectivity index (χ4n) is 2.21. The van der Waals surface area contributed by atoms with Gasteiger partial charge in [0.25, 0.3) is 0 Å². The predicted molar refractivity (Wildman–Crippen MR) is 92.1 cm³/mol. The van der Waals surface area contributed by atoms with Crippen LogP contribution in [0, 0.1) is 11.3 Å². The second kappa shape index (κ2) is 6.25. The zero-order valence-electron chi connectivity index (χ0n) is 11.8.